The first kappa shape index (κ1) is 31.4. The quantitative estimate of drug-likeness (QED) is 0.310. The van der Waals surface area contributed by atoms with Gasteiger partial charge in [0.1, 0.15) is 18.3 Å². The van der Waals surface area contributed by atoms with Crippen molar-refractivity contribution in [3.8, 4) is 0 Å². The maximum absolute atomic E-state index is 12.6. The Bertz CT molecular complexity index is 1020. The molecule has 0 aromatic heterocycles. The van der Waals surface area contributed by atoms with E-state index in [2.05, 4.69) is 41.2 Å². The van der Waals surface area contributed by atoms with Crippen molar-refractivity contribution in [1.29, 1.82) is 0 Å². The van der Waals surface area contributed by atoms with E-state index in [9.17, 15) is 20.1 Å². The van der Waals surface area contributed by atoms with Crippen LogP contribution in [0.25, 0.3) is 0 Å². The van der Waals surface area contributed by atoms with Crippen LogP contribution in [0.4, 0.5) is 0 Å². The summed E-state index contributed by atoms with van der Waals surface area (Å²) in [6.07, 6.45) is 6.79. The summed E-state index contributed by atoms with van der Waals surface area (Å²) in [4.78, 5) is 12.6. The molecular formula is C35H56O6. The lowest BCUT2D eigenvalue weighted by Gasteiger charge is -2.61. The van der Waals surface area contributed by atoms with E-state index in [1.807, 2.05) is 6.08 Å². The van der Waals surface area contributed by atoms with Gasteiger partial charge in [0.25, 0.3) is 0 Å². The van der Waals surface area contributed by atoms with Crippen LogP contribution in [0.15, 0.2) is 23.8 Å². The third-order valence-corrected chi connectivity index (χ3v) is 13.0. The molecule has 41 heavy (non-hydrogen) atoms. The van der Waals surface area contributed by atoms with Gasteiger partial charge in [0, 0.05) is 6.42 Å². The monoisotopic (exact) mass is 572 g/mol. The number of carbonyl (C=O) groups excluding carboxylic acids is 1. The molecule has 0 aromatic rings. The number of hydrogen-bond donors (Lipinski definition) is 3. The van der Waals surface area contributed by atoms with Crippen molar-refractivity contribution >= 4 is 5.78 Å². The van der Waals surface area contributed by atoms with Gasteiger partial charge in [-0.25, -0.2) is 0 Å². The molecule has 9 unspecified atom stereocenters. The minimum absolute atomic E-state index is 0.00561. The van der Waals surface area contributed by atoms with Crippen molar-refractivity contribution in [1.82, 2.24) is 0 Å². The zero-order valence-corrected chi connectivity index (χ0v) is 26.4. The minimum Gasteiger partial charge on any atom is -0.388 e. The number of ketones is 1. The molecule has 1 saturated heterocycles. The van der Waals surface area contributed by atoms with Gasteiger partial charge in [-0.2, -0.15) is 0 Å². The second-order valence-corrected chi connectivity index (χ2v) is 15.1. The summed E-state index contributed by atoms with van der Waals surface area (Å²) in [5.74, 6) is 3.34. The Morgan fingerprint density at radius 1 is 1.10 bits per heavy atom. The first-order valence-electron chi connectivity index (χ1n) is 16.6. The average Bonchev–Trinajstić information content (AvgIpc) is 3.28. The van der Waals surface area contributed by atoms with Gasteiger partial charge in [-0.15, -0.1) is 0 Å². The van der Waals surface area contributed by atoms with Crippen LogP contribution in [0, 0.1) is 46.3 Å². The second-order valence-electron chi connectivity index (χ2n) is 15.1. The van der Waals surface area contributed by atoms with E-state index in [0.717, 1.165) is 19.3 Å². The summed E-state index contributed by atoms with van der Waals surface area (Å²) in [5.41, 5.74) is 2.72. The summed E-state index contributed by atoms with van der Waals surface area (Å²) in [5, 5.41) is 31.6. The molecule has 0 spiro atoms. The van der Waals surface area contributed by atoms with Gasteiger partial charge in [-0.1, -0.05) is 45.4 Å². The fourth-order valence-electron chi connectivity index (χ4n) is 10.4. The molecule has 5 rings (SSSR count). The van der Waals surface area contributed by atoms with Crippen molar-refractivity contribution in [2.45, 2.75) is 143 Å². The highest BCUT2D eigenvalue weighted by atomic mass is 16.7. The maximum Gasteiger partial charge on any atom is 0.186 e. The Morgan fingerprint density at radius 3 is 2.51 bits per heavy atom. The van der Waals surface area contributed by atoms with Crippen LogP contribution in [-0.2, 0) is 14.3 Å². The molecule has 1 aliphatic heterocycles. The molecule has 5 aliphatic rings. The number of ether oxygens (including phenoxy) is 2. The normalized spacial score (nSPS) is 47.5. The zero-order chi connectivity index (χ0) is 29.9. The predicted molar refractivity (Wildman–Crippen MR) is 160 cm³/mol. The van der Waals surface area contributed by atoms with Crippen LogP contribution in [0.3, 0.4) is 0 Å². The molecule has 3 saturated carbocycles. The molecule has 6 nitrogen and oxygen atoms in total. The Balaban J connectivity index is 1.42. The molecule has 3 N–H and O–H groups in total. The number of hydrogen-bond acceptors (Lipinski definition) is 6. The van der Waals surface area contributed by atoms with Crippen molar-refractivity contribution in [3.05, 3.63) is 23.8 Å². The van der Waals surface area contributed by atoms with E-state index in [1.165, 1.54) is 43.3 Å². The topological polar surface area (TPSA) is 96.2 Å². The molecule has 6 heteroatoms. The molecule has 4 aliphatic carbocycles. The zero-order valence-electron chi connectivity index (χ0n) is 26.4. The average molecular weight is 573 g/mol. The summed E-state index contributed by atoms with van der Waals surface area (Å²) >= 11 is 0. The standard InChI is InChI=1S/C35H56O6/c1-8-22(19(2)3)10-9-20(4)25-11-12-26-29-27(14-16-35(25,26)7)34(6)15-13-24(36)17-23(34)18-28(29)41-33-32(39)31(38)30(37)21(5)40-33/h17,20-22,25-33,37-39H,2,8-16,18H2,1,3-7H3/t20?,21?,22?,25-,26?,27?,28?,29?,30-,31?,32?,33-,34+,35-/m1/s1. The van der Waals surface area contributed by atoms with Crippen molar-refractivity contribution in [2.24, 2.45) is 46.3 Å². The third-order valence-electron chi connectivity index (χ3n) is 13.0. The number of rotatable bonds is 8. The fraction of sp³-hybridized carbons (Fsp3) is 0.857. The van der Waals surface area contributed by atoms with Gasteiger partial charge >= 0.3 is 0 Å². The van der Waals surface area contributed by atoms with E-state index in [4.69, 9.17) is 9.47 Å². The molecular weight excluding hydrogens is 516 g/mol. The van der Waals surface area contributed by atoms with Crippen LogP contribution in [0.1, 0.15) is 106 Å². The Labute approximate surface area is 248 Å². The predicted octanol–water partition coefficient (Wildman–Crippen LogP) is 5.98. The molecule has 1 heterocycles. The number of aliphatic hydroxyl groups excluding tert-OH is 3. The van der Waals surface area contributed by atoms with Crippen LogP contribution in [0.5, 0.6) is 0 Å². The highest BCUT2D eigenvalue weighted by Gasteiger charge is 2.62. The van der Waals surface area contributed by atoms with Crippen molar-refractivity contribution in [2.75, 3.05) is 0 Å². The number of fused-ring (bicyclic) bond motifs is 5. The Morgan fingerprint density at radius 2 is 1.83 bits per heavy atom. The molecule has 14 atom stereocenters. The van der Waals surface area contributed by atoms with Crippen LogP contribution in [-0.4, -0.2) is 57.9 Å². The molecule has 0 radical (unpaired) electrons. The van der Waals surface area contributed by atoms with Gasteiger partial charge in [0.15, 0.2) is 12.1 Å². The van der Waals surface area contributed by atoms with Crippen molar-refractivity contribution in [3.63, 3.8) is 0 Å². The Kier molecular flexibility index (Phi) is 9.03. The van der Waals surface area contributed by atoms with Crippen LogP contribution < -0.4 is 0 Å². The van der Waals surface area contributed by atoms with E-state index < -0.39 is 30.7 Å². The highest BCUT2D eigenvalue weighted by Crippen LogP contribution is 2.68. The SMILES string of the molecule is C=C(C)C(CC)CCC(C)[C@H]1CCC2C3C(O[C@H]4OC(C)[C@@H](O)C(O)C4O)CC4=CC(=O)CC[C@]4(C)C3CC[C@@]21C. The fourth-order valence-corrected chi connectivity index (χ4v) is 10.4. The van der Waals surface area contributed by atoms with Crippen LogP contribution >= 0.6 is 0 Å². The van der Waals surface area contributed by atoms with E-state index in [-0.39, 0.29) is 22.7 Å². The van der Waals surface area contributed by atoms with Gasteiger partial charge in [0.05, 0.1) is 12.2 Å². The first-order chi connectivity index (χ1) is 19.3. The summed E-state index contributed by atoms with van der Waals surface area (Å²) < 4.78 is 12.6. The molecule has 232 valence electrons. The number of allylic oxidation sites excluding steroid dienone is 1. The van der Waals surface area contributed by atoms with Gasteiger partial charge in [-0.3, -0.25) is 4.79 Å². The Hall–Kier alpha value is -1.05. The van der Waals surface area contributed by atoms with E-state index in [0.29, 0.717) is 48.3 Å². The highest BCUT2D eigenvalue weighted by molar-refractivity contribution is 5.91. The number of carbonyl (C=O) groups is 1. The first-order valence-corrected chi connectivity index (χ1v) is 16.6. The van der Waals surface area contributed by atoms with Crippen molar-refractivity contribution < 1.29 is 29.6 Å². The number of aliphatic hydroxyl groups is 3. The smallest absolute Gasteiger partial charge is 0.186 e. The minimum atomic E-state index is -1.32. The second kappa shape index (κ2) is 11.8. The lowest BCUT2D eigenvalue weighted by atomic mass is 9.45. The van der Waals surface area contributed by atoms with Gasteiger partial charge < -0.3 is 24.8 Å². The molecule has 0 aromatic carbocycles. The third kappa shape index (κ3) is 5.43. The summed E-state index contributed by atoms with van der Waals surface area (Å²) in [7, 11) is 0. The maximum atomic E-state index is 12.6. The van der Waals surface area contributed by atoms with E-state index >= 15 is 0 Å². The van der Waals surface area contributed by atoms with E-state index in [1.54, 1.807) is 6.92 Å². The van der Waals surface area contributed by atoms with Gasteiger partial charge in [0.2, 0.25) is 0 Å². The lowest BCUT2D eigenvalue weighted by Crippen LogP contribution is -2.61. The largest absolute Gasteiger partial charge is 0.388 e. The lowest BCUT2D eigenvalue weighted by molar-refractivity contribution is -0.316. The molecule has 0 bridgehead atoms. The van der Waals surface area contributed by atoms with Gasteiger partial charge in [-0.05, 0) is 124 Å². The van der Waals surface area contributed by atoms with Crippen LogP contribution in [0.2, 0.25) is 0 Å². The molecule has 4 fully saturated rings. The molecule has 0 amide bonds. The summed E-state index contributed by atoms with van der Waals surface area (Å²) in [6.45, 7) is 17.8. The summed E-state index contributed by atoms with van der Waals surface area (Å²) in [6, 6.07) is 0.